The first kappa shape index (κ1) is 11.7. The summed E-state index contributed by atoms with van der Waals surface area (Å²) in [5, 5.41) is 9.97. The summed E-state index contributed by atoms with van der Waals surface area (Å²) in [6.07, 6.45) is 2.33. The number of hydrogen-bond acceptors (Lipinski definition) is 3. The highest BCUT2D eigenvalue weighted by molar-refractivity contribution is 9.10. The molecule has 1 fully saturated rings. The fraction of sp³-hybridized carbons (Fsp3) is 0.500. The number of halogens is 1. The van der Waals surface area contributed by atoms with Crippen LogP contribution < -0.4 is 9.47 Å². The molecule has 0 bridgehead atoms. The number of benzene rings is 1. The first-order valence-electron chi connectivity index (χ1n) is 5.21. The van der Waals surface area contributed by atoms with Crippen LogP contribution in [0.3, 0.4) is 0 Å². The number of aliphatic hydroxyl groups is 1. The van der Waals surface area contributed by atoms with Crippen molar-refractivity contribution in [2.75, 3.05) is 14.2 Å². The molecular weight excluding hydrogens is 272 g/mol. The Bertz CT molecular complexity index is 399. The largest absolute Gasteiger partial charge is 0.496 e. The average Bonchev–Trinajstić information content (AvgIpc) is 2.99. The topological polar surface area (TPSA) is 38.7 Å². The summed E-state index contributed by atoms with van der Waals surface area (Å²) >= 11 is 3.50. The van der Waals surface area contributed by atoms with Crippen LogP contribution >= 0.6 is 15.9 Å². The zero-order chi connectivity index (χ0) is 11.8. The van der Waals surface area contributed by atoms with E-state index in [0.29, 0.717) is 6.42 Å². The molecule has 1 aromatic carbocycles. The van der Waals surface area contributed by atoms with E-state index in [2.05, 4.69) is 15.9 Å². The molecule has 0 aromatic heterocycles. The van der Waals surface area contributed by atoms with Gasteiger partial charge >= 0.3 is 0 Å². The fourth-order valence-corrected chi connectivity index (χ4v) is 2.38. The van der Waals surface area contributed by atoms with Gasteiger partial charge in [0.2, 0.25) is 0 Å². The second kappa shape index (κ2) is 4.26. The zero-order valence-corrected chi connectivity index (χ0v) is 11.0. The minimum Gasteiger partial charge on any atom is -0.496 e. The molecule has 0 heterocycles. The third-order valence-electron chi connectivity index (χ3n) is 2.94. The van der Waals surface area contributed by atoms with Crippen molar-refractivity contribution in [1.29, 1.82) is 0 Å². The second-order valence-electron chi connectivity index (χ2n) is 4.16. The minimum atomic E-state index is -0.540. The molecule has 0 aliphatic heterocycles. The lowest BCUT2D eigenvalue weighted by atomic mass is 10.1. The average molecular weight is 287 g/mol. The van der Waals surface area contributed by atoms with Crippen LogP contribution in [0.1, 0.15) is 18.4 Å². The standard InChI is InChI=1S/C12H15BrO3/c1-15-9-3-4-10(16-2)11(13)8(9)7-12(14)5-6-12/h3-4,14H,5-7H2,1-2H3. The molecule has 0 saturated heterocycles. The van der Waals surface area contributed by atoms with Gasteiger partial charge in [0, 0.05) is 12.0 Å². The third-order valence-corrected chi connectivity index (χ3v) is 3.81. The minimum absolute atomic E-state index is 0.540. The number of hydrogen-bond donors (Lipinski definition) is 1. The van der Waals surface area contributed by atoms with E-state index in [1.807, 2.05) is 12.1 Å². The van der Waals surface area contributed by atoms with Crippen LogP contribution in [-0.4, -0.2) is 24.9 Å². The van der Waals surface area contributed by atoms with Gasteiger partial charge in [-0.15, -0.1) is 0 Å². The Hall–Kier alpha value is -0.740. The van der Waals surface area contributed by atoms with Gasteiger partial charge in [0.25, 0.3) is 0 Å². The monoisotopic (exact) mass is 286 g/mol. The Morgan fingerprint density at radius 3 is 2.31 bits per heavy atom. The van der Waals surface area contributed by atoms with E-state index in [9.17, 15) is 5.11 Å². The third kappa shape index (κ3) is 2.18. The highest BCUT2D eigenvalue weighted by Crippen LogP contribution is 2.44. The van der Waals surface area contributed by atoms with E-state index < -0.39 is 5.60 Å². The SMILES string of the molecule is COc1ccc(OC)c(CC2(O)CC2)c1Br. The highest BCUT2D eigenvalue weighted by atomic mass is 79.9. The normalized spacial score (nSPS) is 17.0. The van der Waals surface area contributed by atoms with Crippen molar-refractivity contribution in [2.24, 2.45) is 0 Å². The molecule has 4 heteroatoms. The predicted octanol–water partition coefficient (Wildman–Crippen LogP) is 2.53. The second-order valence-corrected chi connectivity index (χ2v) is 4.96. The summed E-state index contributed by atoms with van der Waals surface area (Å²) in [6.45, 7) is 0. The number of methoxy groups -OCH3 is 2. The van der Waals surface area contributed by atoms with E-state index in [1.54, 1.807) is 14.2 Å². The molecule has 88 valence electrons. The van der Waals surface area contributed by atoms with Crippen molar-refractivity contribution < 1.29 is 14.6 Å². The van der Waals surface area contributed by atoms with Gasteiger partial charge in [-0.25, -0.2) is 0 Å². The van der Waals surface area contributed by atoms with Crippen LogP contribution in [-0.2, 0) is 6.42 Å². The highest BCUT2D eigenvalue weighted by Gasteiger charge is 2.41. The Morgan fingerprint density at radius 2 is 1.81 bits per heavy atom. The maximum atomic E-state index is 9.97. The van der Waals surface area contributed by atoms with Crippen LogP contribution in [0, 0.1) is 0 Å². The van der Waals surface area contributed by atoms with Gasteiger partial charge in [-0.05, 0) is 40.9 Å². The summed E-state index contributed by atoms with van der Waals surface area (Å²) in [5.41, 5.74) is 0.434. The van der Waals surface area contributed by atoms with Crippen molar-refractivity contribution in [3.63, 3.8) is 0 Å². The summed E-state index contributed by atoms with van der Waals surface area (Å²) < 4.78 is 11.4. The molecule has 1 aromatic rings. The molecule has 1 aliphatic carbocycles. The lowest BCUT2D eigenvalue weighted by Crippen LogP contribution is -2.12. The Labute approximate surface area is 104 Å². The molecule has 0 atom stereocenters. The molecular formula is C12H15BrO3. The van der Waals surface area contributed by atoms with Crippen molar-refractivity contribution in [3.05, 3.63) is 22.2 Å². The van der Waals surface area contributed by atoms with E-state index in [4.69, 9.17) is 9.47 Å². The quantitative estimate of drug-likeness (QED) is 0.925. The van der Waals surface area contributed by atoms with Crippen LogP contribution in [0.25, 0.3) is 0 Å². The smallest absolute Gasteiger partial charge is 0.133 e. The van der Waals surface area contributed by atoms with Crippen LogP contribution in [0.2, 0.25) is 0 Å². The van der Waals surface area contributed by atoms with Crippen molar-refractivity contribution in [3.8, 4) is 11.5 Å². The summed E-state index contributed by atoms with van der Waals surface area (Å²) in [7, 11) is 3.26. The van der Waals surface area contributed by atoms with E-state index in [-0.39, 0.29) is 0 Å². The molecule has 1 N–H and O–H groups in total. The van der Waals surface area contributed by atoms with Gasteiger partial charge in [0.1, 0.15) is 11.5 Å². The van der Waals surface area contributed by atoms with Gasteiger partial charge in [-0.1, -0.05) is 0 Å². The van der Waals surface area contributed by atoms with Gasteiger partial charge in [0.15, 0.2) is 0 Å². The molecule has 16 heavy (non-hydrogen) atoms. The molecule has 0 amide bonds. The Kier molecular flexibility index (Phi) is 3.13. The molecule has 0 unspecified atom stereocenters. The van der Waals surface area contributed by atoms with Gasteiger partial charge in [-0.2, -0.15) is 0 Å². The van der Waals surface area contributed by atoms with Gasteiger partial charge in [-0.3, -0.25) is 0 Å². The molecule has 0 radical (unpaired) electrons. The molecule has 1 saturated carbocycles. The van der Waals surface area contributed by atoms with E-state index >= 15 is 0 Å². The van der Waals surface area contributed by atoms with Crippen molar-refractivity contribution in [1.82, 2.24) is 0 Å². The van der Waals surface area contributed by atoms with Crippen LogP contribution in [0.4, 0.5) is 0 Å². The first-order chi connectivity index (χ1) is 7.59. The predicted molar refractivity (Wildman–Crippen MR) is 65.1 cm³/mol. The maximum absolute atomic E-state index is 9.97. The maximum Gasteiger partial charge on any atom is 0.133 e. The molecule has 3 nitrogen and oxygen atoms in total. The first-order valence-corrected chi connectivity index (χ1v) is 6.01. The summed E-state index contributed by atoms with van der Waals surface area (Å²) in [4.78, 5) is 0. The van der Waals surface area contributed by atoms with Crippen molar-refractivity contribution >= 4 is 15.9 Å². The summed E-state index contributed by atoms with van der Waals surface area (Å²) in [5.74, 6) is 1.55. The number of ether oxygens (including phenoxy) is 2. The lowest BCUT2D eigenvalue weighted by Gasteiger charge is -2.16. The zero-order valence-electron chi connectivity index (χ0n) is 9.42. The van der Waals surface area contributed by atoms with Gasteiger partial charge < -0.3 is 14.6 Å². The lowest BCUT2D eigenvalue weighted by molar-refractivity contribution is 0.149. The van der Waals surface area contributed by atoms with Crippen LogP contribution in [0.15, 0.2) is 16.6 Å². The number of rotatable bonds is 4. The molecule has 0 spiro atoms. The van der Waals surface area contributed by atoms with Crippen LogP contribution in [0.5, 0.6) is 11.5 Å². The van der Waals surface area contributed by atoms with E-state index in [1.165, 1.54) is 0 Å². The van der Waals surface area contributed by atoms with Crippen molar-refractivity contribution in [2.45, 2.75) is 24.9 Å². The Balaban J connectivity index is 2.38. The van der Waals surface area contributed by atoms with E-state index in [0.717, 1.165) is 34.4 Å². The fourth-order valence-electron chi connectivity index (χ4n) is 1.75. The van der Waals surface area contributed by atoms with Gasteiger partial charge in [0.05, 0.1) is 24.3 Å². The Morgan fingerprint density at radius 1 is 1.25 bits per heavy atom. The molecule has 1 aliphatic rings. The molecule has 2 rings (SSSR count). The summed E-state index contributed by atoms with van der Waals surface area (Å²) in [6, 6.07) is 3.72.